The maximum absolute atomic E-state index is 13.9. The molecule has 12 nitrogen and oxygen atoms in total. The number of rotatable bonds is 4. The lowest BCUT2D eigenvalue weighted by molar-refractivity contribution is 0.0487. The smallest absolute Gasteiger partial charge is 0.261 e. The number of nitrogens with zero attached hydrogens (tertiary/aromatic N) is 4. The Labute approximate surface area is 598 Å². The zero-order chi connectivity index (χ0) is 69.7. The van der Waals surface area contributed by atoms with E-state index in [2.05, 4.69) is 72.8 Å². The van der Waals surface area contributed by atoms with Crippen LogP contribution in [0.3, 0.4) is 0 Å². The maximum Gasteiger partial charge on any atom is 0.261 e. The predicted octanol–water partition coefficient (Wildman–Crippen LogP) is 20.9. The van der Waals surface area contributed by atoms with Crippen molar-refractivity contribution in [3.05, 3.63) is 214 Å². The zero-order valence-corrected chi connectivity index (χ0v) is 57.7. The fourth-order valence-corrected chi connectivity index (χ4v) is 20.9. The molecule has 4 aliphatic carbocycles. The van der Waals surface area contributed by atoms with Crippen molar-refractivity contribution in [1.82, 2.24) is 19.6 Å². The van der Waals surface area contributed by atoms with E-state index in [9.17, 15) is 38.4 Å². The van der Waals surface area contributed by atoms with Crippen molar-refractivity contribution >= 4 is 177 Å². The fraction of sp³-hybridized carbons (Fsp3) is 0.261. The minimum atomic E-state index is -0.196. The summed E-state index contributed by atoms with van der Waals surface area (Å²) in [6.45, 7) is 0. The van der Waals surface area contributed by atoms with Crippen LogP contribution in [0.15, 0.2) is 170 Å². The third kappa shape index (κ3) is 8.53. The highest BCUT2D eigenvalue weighted by Crippen LogP contribution is 2.51. The fourth-order valence-electron chi connectivity index (χ4n) is 20.9. The topological polar surface area (TPSA) is 150 Å². The molecule has 0 saturated heterocycles. The average Bonchev–Trinajstić information content (AvgIpc) is 0.695. The zero-order valence-electron chi connectivity index (χ0n) is 57.7. The van der Waals surface area contributed by atoms with Gasteiger partial charge in [0.1, 0.15) is 0 Å². The molecule has 4 fully saturated rings. The van der Waals surface area contributed by atoms with Crippen LogP contribution in [-0.2, 0) is 0 Å². The molecule has 23 rings (SSSR count). The first-order valence-corrected chi connectivity index (χ1v) is 38.0. The van der Waals surface area contributed by atoms with Crippen molar-refractivity contribution in [2.24, 2.45) is 0 Å². The van der Waals surface area contributed by atoms with E-state index in [-0.39, 0.29) is 71.4 Å². The Morgan fingerprint density at radius 2 is 0.337 bits per heavy atom. The predicted molar refractivity (Wildman–Crippen MR) is 412 cm³/mol. The van der Waals surface area contributed by atoms with Crippen molar-refractivity contribution in [1.29, 1.82) is 0 Å². The second kappa shape index (κ2) is 23.1. The third-order valence-corrected chi connectivity index (χ3v) is 25.5. The van der Waals surface area contributed by atoms with Gasteiger partial charge in [0.25, 0.3) is 47.3 Å². The van der Waals surface area contributed by atoms with E-state index in [1.54, 1.807) is 0 Å². The summed E-state index contributed by atoms with van der Waals surface area (Å²) >= 11 is 0. The van der Waals surface area contributed by atoms with Crippen molar-refractivity contribution < 1.29 is 38.4 Å². The highest BCUT2D eigenvalue weighted by atomic mass is 16.2. The number of fused-ring (bicyclic) bond motifs is 6. The van der Waals surface area contributed by atoms with Crippen LogP contribution in [0.25, 0.3) is 129 Å². The average molecular weight is 1360 g/mol. The normalized spacial score (nSPS) is 18.7. The van der Waals surface area contributed by atoms with E-state index in [1.807, 2.05) is 97.1 Å². The van der Waals surface area contributed by atoms with Gasteiger partial charge >= 0.3 is 0 Å². The molecule has 8 amide bonds. The molecule has 0 bridgehead atoms. The van der Waals surface area contributed by atoms with Crippen LogP contribution in [0.2, 0.25) is 0 Å². The van der Waals surface area contributed by atoms with Gasteiger partial charge in [-0.3, -0.25) is 58.0 Å². The van der Waals surface area contributed by atoms with Crippen molar-refractivity contribution in [3.63, 3.8) is 0 Å². The highest BCUT2D eigenvalue weighted by molar-refractivity contribution is 6.44. The summed E-state index contributed by atoms with van der Waals surface area (Å²) in [6, 6.07) is 57.2. The number of imide groups is 4. The molecule has 15 aromatic rings. The lowest BCUT2D eigenvalue weighted by Crippen LogP contribution is -2.47. The van der Waals surface area contributed by atoms with Gasteiger partial charge in [-0.15, -0.1) is 0 Å². The number of hydrogen-bond acceptors (Lipinski definition) is 8. The Bertz CT molecular complexity index is 5380. The van der Waals surface area contributed by atoms with Gasteiger partial charge in [0.2, 0.25) is 0 Å². The number of carbonyl (C=O) groups excluding carboxylic acids is 8. The molecule has 0 atom stereocenters. The molecule has 4 aliphatic heterocycles. The van der Waals surface area contributed by atoms with Crippen LogP contribution < -0.4 is 0 Å². The summed E-state index contributed by atoms with van der Waals surface area (Å²) < 4.78 is 0. The molecule has 104 heavy (non-hydrogen) atoms. The summed E-state index contributed by atoms with van der Waals surface area (Å²) in [7, 11) is 0. The highest BCUT2D eigenvalue weighted by Gasteiger charge is 2.44. The Morgan fingerprint density at radius 3 is 0.510 bits per heavy atom. The first-order chi connectivity index (χ1) is 51.0. The minimum absolute atomic E-state index is 0.0469. The Balaban J connectivity index is 0.000000107. The summed E-state index contributed by atoms with van der Waals surface area (Å²) in [5.41, 5.74) is 4.65. The van der Waals surface area contributed by atoms with Gasteiger partial charge in [-0.05, 0) is 208 Å². The molecule has 0 aromatic heterocycles. The van der Waals surface area contributed by atoms with E-state index in [0.717, 1.165) is 215 Å². The monoisotopic (exact) mass is 1360 g/mol. The summed E-state index contributed by atoms with van der Waals surface area (Å²) in [5.74, 6) is -1.57. The molecule has 4 heterocycles. The number of carbonyl (C=O) groups is 8. The number of amides is 8. The van der Waals surface area contributed by atoms with Gasteiger partial charge < -0.3 is 0 Å². The van der Waals surface area contributed by atoms with E-state index >= 15 is 0 Å². The van der Waals surface area contributed by atoms with Crippen molar-refractivity contribution in [2.75, 3.05) is 0 Å². The first-order valence-electron chi connectivity index (χ1n) is 38.0. The molecule has 0 spiro atoms. The van der Waals surface area contributed by atoms with Crippen LogP contribution in [-0.4, -0.2) is 91.0 Å². The van der Waals surface area contributed by atoms with Crippen molar-refractivity contribution in [2.45, 2.75) is 153 Å². The molecule has 4 saturated carbocycles. The molecule has 0 N–H and O–H groups in total. The Hall–Kier alpha value is -11.2. The quantitative estimate of drug-likeness (QED) is 0.0960. The molecule has 15 aromatic carbocycles. The van der Waals surface area contributed by atoms with E-state index in [1.165, 1.54) is 62.7 Å². The third-order valence-electron chi connectivity index (χ3n) is 25.5. The van der Waals surface area contributed by atoms with Gasteiger partial charge in [0.15, 0.2) is 0 Å². The molecular formula is C92H72N4O8. The molecule has 0 unspecified atom stereocenters. The lowest BCUT2D eigenvalue weighted by atomic mass is 9.81. The summed E-state index contributed by atoms with van der Waals surface area (Å²) in [6.07, 6.45) is 19.8. The molecule has 0 radical (unpaired) electrons. The molecule has 8 aliphatic rings. The largest absolute Gasteiger partial charge is 0.271 e. The van der Waals surface area contributed by atoms with Crippen LogP contribution >= 0.6 is 0 Å². The van der Waals surface area contributed by atoms with Gasteiger partial charge in [0.05, 0.1) is 0 Å². The van der Waals surface area contributed by atoms with Crippen LogP contribution in [0.1, 0.15) is 211 Å². The van der Waals surface area contributed by atoms with Gasteiger partial charge in [-0.2, -0.15) is 0 Å². The maximum atomic E-state index is 13.9. The molecule has 12 heteroatoms. The van der Waals surface area contributed by atoms with E-state index < -0.39 is 0 Å². The van der Waals surface area contributed by atoms with Crippen LogP contribution in [0.4, 0.5) is 0 Å². The van der Waals surface area contributed by atoms with Gasteiger partial charge in [-0.1, -0.05) is 198 Å². The van der Waals surface area contributed by atoms with E-state index in [0.29, 0.717) is 44.5 Å². The van der Waals surface area contributed by atoms with Crippen LogP contribution in [0.5, 0.6) is 0 Å². The number of hydrogen-bond donors (Lipinski definition) is 0. The lowest BCUT2D eigenvalue weighted by Gasteiger charge is -2.37. The second-order valence-electron chi connectivity index (χ2n) is 30.8. The van der Waals surface area contributed by atoms with Crippen molar-refractivity contribution in [3.8, 4) is 0 Å². The standard InChI is InChI=1S/2C36H30N2O4.C20H12/c2*39-33-25-15-11-21-23-13-17-27-32-28(36(42)38(35(27)41)20-9-5-2-6-10-20)18-14-24(30(23)32)22-12-16-26(31(25)29(21)22)34(40)37(33)19-7-3-1-4-8-19;1-5-13-6-2-11-17-18-12-4-8-14-7-3-10-16(20(14)18)15(9-1)19(13)17/h2*11-20H,1-10H2;1-12H. The summed E-state index contributed by atoms with van der Waals surface area (Å²) in [4.78, 5) is 117. The van der Waals surface area contributed by atoms with Gasteiger partial charge in [-0.25, -0.2) is 0 Å². The van der Waals surface area contributed by atoms with Crippen LogP contribution in [0, 0.1) is 0 Å². The SMILES string of the molecule is O=C1c2ccc3c4ccc5c6c(ccc(c7ccc(c2c37)C(=O)N1C1CCCCC1)c64)C(=O)N(C1CCCCC1)C5=O.O=C1c2ccc3c4ccc5c6c(ccc(c7ccc(c2c37)C(=O)N1C1CCCCC1)c64)C(=O)N(C1CCCCC1)C5=O.c1cc2cccc3c4cccc5cccc(c(c1)c23)c54. The number of benzene rings is 15. The minimum Gasteiger partial charge on any atom is -0.271 e. The second-order valence-corrected chi connectivity index (χ2v) is 30.8. The Kier molecular flexibility index (Phi) is 13.7. The first kappa shape index (κ1) is 61.4. The molecular weight excluding hydrogens is 1290 g/mol. The molecule has 508 valence electrons. The van der Waals surface area contributed by atoms with E-state index in [4.69, 9.17) is 0 Å². The van der Waals surface area contributed by atoms with Gasteiger partial charge in [0, 0.05) is 90.2 Å². The summed E-state index contributed by atoms with van der Waals surface area (Å²) in [5, 5.41) is 24.9. The Morgan fingerprint density at radius 1 is 0.173 bits per heavy atom.